The third-order valence-electron chi connectivity index (χ3n) is 4.47. The summed E-state index contributed by atoms with van der Waals surface area (Å²) >= 11 is 0. The van der Waals surface area contributed by atoms with Crippen molar-refractivity contribution in [2.24, 2.45) is 0 Å². The van der Waals surface area contributed by atoms with Crippen LogP contribution in [0.25, 0.3) is 0 Å². The van der Waals surface area contributed by atoms with E-state index in [0.29, 0.717) is 12.1 Å². The van der Waals surface area contributed by atoms with Gasteiger partial charge in [0.05, 0.1) is 18.1 Å². The number of rotatable bonds is 4. The van der Waals surface area contributed by atoms with Gasteiger partial charge in [0.1, 0.15) is 0 Å². The smallest absolute Gasteiger partial charge is 0.0948 e. The van der Waals surface area contributed by atoms with Crippen LogP contribution < -0.4 is 0 Å². The number of aliphatic hydroxyl groups is 1. The molecular formula is C14H23N3O. The number of imidazole rings is 1. The molecule has 100 valence electrons. The van der Waals surface area contributed by atoms with E-state index < -0.39 is 0 Å². The van der Waals surface area contributed by atoms with Crippen molar-refractivity contribution in [3.63, 3.8) is 0 Å². The zero-order valence-electron chi connectivity index (χ0n) is 11.1. The van der Waals surface area contributed by atoms with E-state index in [1.807, 2.05) is 12.5 Å². The molecule has 0 saturated carbocycles. The Balaban J connectivity index is 1.71. The number of aliphatic hydroxyl groups excluding tert-OH is 1. The Labute approximate surface area is 109 Å². The van der Waals surface area contributed by atoms with E-state index in [9.17, 15) is 5.11 Å². The van der Waals surface area contributed by atoms with Crippen LogP contribution >= 0.6 is 0 Å². The van der Waals surface area contributed by atoms with Crippen molar-refractivity contribution in [3.8, 4) is 0 Å². The van der Waals surface area contributed by atoms with Gasteiger partial charge in [-0.3, -0.25) is 4.90 Å². The molecule has 2 unspecified atom stereocenters. The highest BCUT2D eigenvalue weighted by Gasteiger charge is 2.40. The first-order valence-electron chi connectivity index (χ1n) is 7.20. The van der Waals surface area contributed by atoms with Crippen LogP contribution in [0.1, 0.15) is 44.7 Å². The summed E-state index contributed by atoms with van der Waals surface area (Å²) in [7, 11) is 0. The van der Waals surface area contributed by atoms with Crippen molar-refractivity contribution < 1.29 is 5.11 Å². The van der Waals surface area contributed by atoms with Gasteiger partial charge in [0, 0.05) is 31.4 Å². The Morgan fingerprint density at radius 1 is 1.33 bits per heavy atom. The zero-order chi connectivity index (χ0) is 12.5. The molecule has 2 atom stereocenters. The molecule has 2 bridgehead atoms. The average Bonchev–Trinajstić information content (AvgIpc) is 2.86. The largest absolute Gasteiger partial charge is 0.393 e. The number of piperidine rings is 1. The molecule has 0 aliphatic carbocycles. The maximum Gasteiger partial charge on any atom is 0.0948 e. The van der Waals surface area contributed by atoms with E-state index in [4.69, 9.17) is 0 Å². The van der Waals surface area contributed by atoms with Gasteiger partial charge in [-0.25, -0.2) is 4.98 Å². The van der Waals surface area contributed by atoms with Gasteiger partial charge < -0.3 is 9.67 Å². The molecule has 0 amide bonds. The van der Waals surface area contributed by atoms with Crippen LogP contribution in [0.3, 0.4) is 0 Å². The van der Waals surface area contributed by atoms with E-state index in [0.717, 1.165) is 32.4 Å². The molecule has 3 rings (SSSR count). The first-order chi connectivity index (χ1) is 8.78. The van der Waals surface area contributed by atoms with E-state index in [1.165, 1.54) is 18.5 Å². The second kappa shape index (κ2) is 5.02. The van der Waals surface area contributed by atoms with Crippen LogP contribution in [0.5, 0.6) is 0 Å². The van der Waals surface area contributed by atoms with Gasteiger partial charge >= 0.3 is 0 Å². The Morgan fingerprint density at radius 2 is 2.06 bits per heavy atom. The summed E-state index contributed by atoms with van der Waals surface area (Å²) in [6, 6.07) is 1.17. The fourth-order valence-electron chi connectivity index (χ4n) is 3.61. The van der Waals surface area contributed by atoms with Crippen molar-refractivity contribution in [3.05, 3.63) is 18.2 Å². The monoisotopic (exact) mass is 249 g/mol. The molecule has 2 aliphatic rings. The predicted molar refractivity (Wildman–Crippen MR) is 70.1 cm³/mol. The minimum Gasteiger partial charge on any atom is -0.393 e. The highest BCUT2D eigenvalue weighted by Crippen LogP contribution is 2.36. The topological polar surface area (TPSA) is 41.3 Å². The Bertz CT molecular complexity index is 389. The Hall–Kier alpha value is -0.870. The second-order valence-electron chi connectivity index (χ2n) is 5.76. The minimum absolute atomic E-state index is 0.0701. The van der Waals surface area contributed by atoms with Gasteiger partial charge in [-0.15, -0.1) is 0 Å². The molecule has 2 fully saturated rings. The van der Waals surface area contributed by atoms with Crippen LogP contribution in [0, 0.1) is 0 Å². The normalized spacial score (nSPS) is 32.0. The highest BCUT2D eigenvalue weighted by molar-refractivity contribution is 5.03. The quantitative estimate of drug-likeness (QED) is 0.884. The lowest BCUT2D eigenvalue weighted by molar-refractivity contribution is 0.0298. The lowest BCUT2D eigenvalue weighted by Crippen LogP contribution is -2.44. The molecule has 0 aromatic carbocycles. The fraction of sp³-hybridized carbons (Fsp3) is 0.786. The molecule has 2 aliphatic heterocycles. The summed E-state index contributed by atoms with van der Waals surface area (Å²) in [6.07, 6.45) is 9.44. The first-order valence-corrected chi connectivity index (χ1v) is 7.20. The number of aryl methyl sites for hydroxylation is 1. The highest BCUT2D eigenvalue weighted by atomic mass is 16.3. The van der Waals surface area contributed by atoms with Crippen LogP contribution in [-0.2, 0) is 13.1 Å². The van der Waals surface area contributed by atoms with Gasteiger partial charge in [0.15, 0.2) is 0 Å². The van der Waals surface area contributed by atoms with E-state index in [1.54, 1.807) is 0 Å². The number of nitrogens with zero attached hydrogens (tertiary/aromatic N) is 3. The van der Waals surface area contributed by atoms with Crippen LogP contribution in [-0.4, -0.2) is 37.7 Å². The van der Waals surface area contributed by atoms with E-state index >= 15 is 0 Å². The zero-order valence-corrected chi connectivity index (χ0v) is 11.1. The third-order valence-corrected chi connectivity index (χ3v) is 4.47. The fourth-order valence-corrected chi connectivity index (χ4v) is 3.61. The number of hydrogen-bond donors (Lipinski definition) is 1. The minimum atomic E-state index is -0.0701. The van der Waals surface area contributed by atoms with Crippen LogP contribution in [0.4, 0.5) is 0 Å². The molecule has 3 heterocycles. The third kappa shape index (κ3) is 2.19. The number of hydrogen-bond acceptors (Lipinski definition) is 3. The first kappa shape index (κ1) is 12.2. The van der Waals surface area contributed by atoms with Gasteiger partial charge in [-0.1, -0.05) is 6.92 Å². The van der Waals surface area contributed by atoms with Crippen LogP contribution in [0.15, 0.2) is 12.5 Å². The predicted octanol–water partition coefficient (Wildman–Crippen LogP) is 1.78. The maximum absolute atomic E-state index is 9.83. The van der Waals surface area contributed by atoms with Gasteiger partial charge in [0.2, 0.25) is 0 Å². The molecule has 2 saturated heterocycles. The second-order valence-corrected chi connectivity index (χ2v) is 5.76. The molecule has 4 heteroatoms. The molecular weight excluding hydrogens is 226 g/mol. The van der Waals surface area contributed by atoms with Crippen LogP contribution in [0.2, 0.25) is 0 Å². The molecule has 1 N–H and O–H groups in total. The van der Waals surface area contributed by atoms with Crippen molar-refractivity contribution in [2.45, 2.75) is 70.3 Å². The Morgan fingerprint density at radius 3 is 2.72 bits per heavy atom. The summed E-state index contributed by atoms with van der Waals surface area (Å²) in [5, 5.41) is 9.83. The molecule has 0 spiro atoms. The van der Waals surface area contributed by atoms with Crippen molar-refractivity contribution >= 4 is 0 Å². The molecule has 1 aromatic heterocycles. The maximum atomic E-state index is 9.83. The molecule has 1 aromatic rings. The summed E-state index contributed by atoms with van der Waals surface area (Å²) in [5.74, 6) is 0. The number of aromatic nitrogens is 2. The van der Waals surface area contributed by atoms with Crippen molar-refractivity contribution in [1.29, 1.82) is 0 Å². The van der Waals surface area contributed by atoms with Crippen molar-refractivity contribution in [2.75, 3.05) is 0 Å². The van der Waals surface area contributed by atoms with Gasteiger partial charge in [0.25, 0.3) is 0 Å². The van der Waals surface area contributed by atoms with Crippen molar-refractivity contribution in [1.82, 2.24) is 14.5 Å². The van der Waals surface area contributed by atoms with E-state index in [-0.39, 0.29) is 6.10 Å². The molecule has 18 heavy (non-hydrogen) atoms. The summed E-state index contributed by atoms with van der Waals surface area (Å²) < 4.78 is 2.27. The van der Waals surface area contributed by atoms with Gasteiger partial charge in [-0.2, -0.15) is 0 Å². The molecule has 0 radical (unpaired) electrons. The Kier molecular flexibility index (Phi) is 3.39. The van der Waals surface area contributed by atoms with E-state index in [2.05, 4.69) is 21.4 Å². The summed E-state index contributed by atoms with van der Waals surface area (Å²) in [4.78, 5) is 6.87. The SMILES string of the molecule is CCCn1cncc1CN1C2CCC1CC(O)C2. The number of fused-ring (bicyclic) bond motifs is 2. The summed E-state index contributed by atoms with van der Waals surface area (Å²) in [6.45, 7) is 4.26. The lowest BCUT2D eigenvalue weighted by Gasteiger charge is -2.37. The standard InChI is InChI=1S/C14H23N3O/c1-2-5-16-10-15-8-13(16)9-17-11-3-4-12(17)7-14(18)6-11/h8,10-12,14,18H,2-7,9H2,1H3. The van der Waals surface area contributed by atoms with Gasteiger partial charge in [-0.05, 0) is 32.1 Å². The average molecular weight is 249 g/mol. The summed E-state index contributed by atoms with van der Waals surface area (Å²) in [5.41, 5.74) is 1.32. The molecule has 4 nitrogen and oxygen atoms in total. The lowest BCUT2D eigenvalue weighted by atomic mass is 10.00.